The number of para-hydroxylation sites is 1. The van der Waals surface area contributed by atoms with Crippen LogP contribution in [0.25, 0.3) is 0 Å². The Morgan fingerprint density at radius 2 is 1.60 bits per heavy atom. The van der Waals surface area contributed by atoms with E-state index in [1.54, 1.807) is 7.11 Å². The highest BCUT2D eigenvalue weighted by atomic mass is 16.5. The lowest BCUT2D eigenvalue weighted by atomic mass is 10.0. The maximum Gasteiger partial charge on any atom is 0.122 e. The van der Waals surface area contributed by atoms with Gasteiger partial charge in [0.1, 0.15) is 18.1 Å². The van der Waals surface area contributed by atoms with Gasteiger partial charge in [0.25, 0.3) is 0 Å². The van der Waals surface area contributed by atoms with Crippen LogP contribution >= 0.6 is 0 Å². The Morgan fingerprint density at radius 3 is 2.33 bits per heavy atom. The van der Waals surface area contributed by atoms with Gasteiger partial charge in [0.05, 0.1) is 13.2 Å². The maximum atomic E-state index is 10.7. The van der Waals surface area contributed by atoms with Crippen molar-refractivity contribution in [1.82, 2.24) is 5.32 Å². The summed E-state index contributed by atoms with van der Waals surface area (Å²) in [5.74, 6) is 1.73. The van der Waals surface area contributed by atoms with Gasteiger partial charge in [-0.1, -0.05) is 60.7 Å². The molecule has 0 aliphatic carbocycles. The third-order valence-electron chi connectivity index (χ3n) is 5.23. The van der Waals surface area contributed by atoms with Crippen LogP contribution in [0.4, 0.5) is 0 Å². The molecule has 0 aliphatic heterocycles. The van der Waals surface area contributed by atoms with Gasteiger partial charge < -0.3 is 19.9 Å². The van der Waals surface area contributed by atoms with Gasteiger partial charge in [-0.15, -0.1) is 0 Å². The SMILES string of the molecule is COc1ccccc1CCCNC(C)C(O)c1ccc(OCc2ccccc2)cc1. The molecule has 0 fully saturated rings. The normalized spacial score (nSPS) is 12.9. The van der Waals surface area contributed by atoms with E-state index in [0.29, 0.717) is 6.61 Å². The topological polar surface area (TPSA) is 50.7 Å². The minimum atomic E-state index is -0.570. The number of hydrogen-bond acceptors (Lipinski definition) is 4. The molecule has 2 N–H and O–H groups in total. The third kappa shape index (κ3) is 6.34. The Balaban J connectivity index is 1.43. The molecule has 0 bridgehead atoms. The van der Waals surface area contributed by atoms with Crippen molar-refractivity contribution in [1.29, 1.82) is 0 Å². The van der Waals surface area contributed by atoms with Crippen molar-refractivity contribution in [3.05, 3.63) is 95.6 Å². The Hall–Kier alpha value is -2.82. The van der Waals surface area contributed by atoms with Crippen LogP contribution in [-0.4, -0.2) is 24.8 Å². The quantitative estimate of drug-likeness (QED) is 0.445. The molecule has 2 unspecified atom stereocenters. The van der Waals surface area contributed by atoms with Crippen LogP contribution in [0.2, 0.25) is 0 Å². The van der Waals surface area contributed by atoms with Crippen LogP contribution < -0.4 is 14.8 Å². The Bertz CT molecular complexity index is 880. The Kier molecular flexibility index (Phi) is 8.30. The fourth-order valence-corrected chi connectivity index (χ4v) is 3.42. The smallest absolute Gasteiger partial charge is 0.122 e. The number of ether oxygens (including phenoxy) is 2. The molecule has 0 radical (unpaired) electrons. The van der Waals surface area contributed by atoms with Crippen molar-refractivity contribution in [2.75, 3.05) is 13.7 Å². The summed E-state index contributed by atoms with van der Waals surface area (Å²) in [6.07, 6.45) is 1.34. The minimum absolute atomic E-state index is 0.0428. The maximum absolute atomic E-state index is 10.7. The number of aliphatic hydroxyl groups excluding tert-OH is 1. The van der Waals surface area contributed by atoms with E-state index in [4.69, 9.17) is 9.47 Å². The highest BCUT2D eigenvalue weighted by Gasteiger charge is 2.16. The first kappa shape index (κ1) is 21.9. The van der Waals surface area contributed by atoms with E-state index in [0.717, 1.165) is 42.0 Å². The van der Waals surface area contributed by atoms with E-state index in [2.05, 4.69) is 11.4 Å². The number of methoxy groups -OCH3 is 1. The molecule has 3 rings (SSSR count). The van der Waals surface area contributed by atoms with Crippen molar-refractivity contribution in [2.24, 2.45) is 0 Å². The van der Waals surface area contributed by atoms with E-state index in [1.165, 1.54) is 5.56 Å². The Morgan fingerprint density at radius 1 is 0.900 bits per heavy atom. The molecular formula is C26H31NO3. The molecule has 3 aromatic carbocycles. The monoisotopic (exact) mass is 405 g/mol. The zero-order chi connectivity index (χ0) is 21.2. The molecular weight excluding hydrogens is 374 g/mol. The molecule has 30 heavy (non-hydrogen) atoms. The molecule has 0 saturated heterocycles. The van der Waals surface area contributed by atoms with Crippen molar-refractivity contribution >= 4 is 0 Å². The summed E-state index contributed by atoms with van der Waals surface area (Å²) in [5, 5.41) is 14.1. The first-order chi connectivity index (χ1) is 14.7. The van der Waals surface area contributed by atoms with Gasteiger partial charge in [0, 0.05) is 6.04 Å². The largest absolute Gasteiger partial charge is 0.496 e. The van der Waals surface area contributed by atoms with Gasteiger partial charge in [-0.3, -0.25) is 0 Å². The predicted octanol–water partition coefficient (Wildman–Crippen LogP) is 4.92. The lowest BCUT2D eigenvalue weighted by Crippen LogP contribution is -2.33. The number of aryl methyl sites for hydroxylation is 1. The first-order valence-corrected chi connectivity index (χ1v) is 10.5. The Labute approximate surface area is 179 Å². The third-order valence-corrected chi connectivity index (χ3v) is 5.23. The van der Waals surface area contributed by atoms with E-state index < -0.39 is 6.10 Å². The van der Waals surface area contributed by atoms with E-state index in [1.807, 2.05) is 79.7 Å². The summed E-state index contributed by atoms with van der Waals surface area (Å²) in [6.45, 7) is 3.37. The second-order valence-corrected chi connectivity index (χ2v) is 7.45. The lowest BCUT2D eigenvalue weighted by molar-refractivity contribution is 0.136. The zero-order valence-electron chi connectivity index (χ0n) is 17.8. The molecule has 0 heterocycles. The first-order valence-electron chi connectivity index (χ1n) is 10.5. The fraction of sp³-hybridized carbons (Fsp3) is 0.308. The summed E-state index contributed by atoms with van der Waals surface area (Å²) in [4.78, 5) is 0. The van der Waals surface area contributed by atoms with E-state index in [-0.39, 0.29) is 6.04 Å². The number of benzene rings is 3. The molecule has 0 spiro atoms. The van der Waals surface area contributed by atoms with Crippen molar-refractivity contribution in [3.63, 3.8) is 0 Å². The van der Waals surface area contributed by atoms with Crippen LogP contribution in [-0.2, 0) is 13.0 Å². The number of hydrogen-bond donors (Lipinski definition) is 2. The summed E-state index contributed by atoms with van der Waals surface area (Å²) >= 11 is 0. The molecule has 4 nitrogen and oxygen atoms in total. The van der Waals surface area contributed by atoms with Crippen molar-refractivity contribution in [2.45, 2.75) is 38.5 Å². The van der Waals surface area contributed by atoms with E-state index >= 15 is 0 Å². The molecule has 3 aromatic rings. The van der Waals surface area contributed by atoms with Crippen LogP contribution in [0.3, 0.4) is 0 Å². The number of aliphatic hydroxyl groups is 1. The second-order valence-electron chi connectivity index (χ2n) is 7.45. The predicted molar refractivity (Wildman–Crippen MR) is 121 cm³/mol. The molecule has 0 amide bonds. The standard InChI is InChI=1S/C26H31NO3/c1-20(27-18-8-12-22-11-6-7-13-25(22)29-2)26(28)23-14-16-24(17-15-23)30-19-21-9-4-3-5-10-21/h3-7,9-11,13-17,20,26-28H,8,12,18-19H2,1-2H3. The number of nitrogens with one attached hydrogen (secondary N) is 1. The van der Waals surface area contributed by atoms with Gasteiger partial charge >= 0.3 is 0 Å². The van der Waals surface area contributed by atoms with E-state index in [9.17, 15) is 5.11 Å². The minimum Gasteiger partial charge on any atom is -0.496 e. The lowest BCUT2D eigenvalue weighted by Gasteiger charge is -2.21. The average molecular weight is 406 g/mol. The highest BCUT2D eigenvalue weighted by Crippen LogP contribution is 2.22. The van der Waals surface area contributed by atoms with Gasteiger partial charge in [0.2, 0.25) is 0 Å². The molecule has 2 atom stereocenters. The summed E-state index contributed by atoms with van der Waals surface area (Å²) < 4.78 is 11.2. The summed E-state index contributed by atoms with van der Waals surface area (Å²) in [5.41, 5.74) is 3.22. The molecule has 0 aliphatic rings. The molecule has 0 saturated carbocycles. The van der Waals surface area contributed by atoms with Gasteiger partial charge in [0.15, 0.2) is 0 Å². The fourth-order valence-electron chi connectivity index (χ4n) is 3.42. The zero-order valence-corrected chi connectivity index (χ0v) is 17.8. The van der Waals surface area contributed by atoms with Crippen LogP contribution in [0.15, 0.2) is 78.9 Å². The molecule has 0 aromatic heterocycles. The summed E-state index contributed by atoms with van der Waals surface area (Å²) in [7, 11) is 1.70. The molecule has 158 valence electrons. The van der Waals surface area contributed by atoms with Crippen LogP contribution in [0.5, 0.6) is 11.5 Å². The highest BCUT2D eigenvalue weighted by molar-refractivity contribution is 5.33. The van der Waals surface area contributed by atoms with Crippen molar-refractivity contribution in [3.8, 4) is 11.5 Å². The van der Waals surface area contributed by atoms with Gasteiger partial charge in [-0.05, 0) is 61.2 Å². The second kappa shape index (κ2) is 11.4. The molecule has 4 heteroatoms. The van der Waals surface area contributed by atoms with Crippen LogP contribution in [0, 0.1) is 0 Å². The number of rotatable bonds is 11. The summed E-state index contributed by atoms with van der Waals surface area (Å²) in [6, 6.07) is 25.8. The van der Waals surface area contributed by atoms with Gasteiger partial charge in [-0.2, -0.15) is 0 Å². The van der Waals surface area contributed by atoms with Crippen LogP contribution in [0.1, 0.15) is 36.1 Å². The van der Waals surface area contributed by atoms with Crippen molar-refractivity contribution < 1.29 is 14.6 Å². The van der Waals surface area contributed by atoms with Gasteiger partial charge in [-0.25, -0.2) is 0 Å². The average Bonchev–Trinajstić information content (AvgIpc) is 2.81.